The molecule has 1 aliphatic rings. The first-order valence-electron chi connectivity index (χ1n) is 9.24. The Balaban J connectivity index is 2.04. The quantitative estimate of drug-likeness (QED) is 0.546. The number of allylic oxidation sites excluding steroid dienone is 1. The monoisotopic (exact) mass is 441 g/mol. The summed E-state index contributed by atoms with van der Waals surface area (Å²) in [5, 5.41) is 26.9. The Hall–Kier alpha value is -4.05. The summed E-state index contributed by atoms with van der Waals surface area (Å²) in [6.45, 7) is 1.71. The van der Waals surface area contributed by atoms with Gasteiger partial charge < -0.3 is 0 Å². The molecular formula is C22H12F5N5. The molecule has 1 aliphatic heterocycles. The number of halogens is 5. The Labute approximate surface area is 178 Å². The zero-order chi connectivity index (χ0) is 23.2. The smallest absolute Gasteiger partial charge is 0.282 e. The van der Waals surface area contributed by atoms with E-state index in [-0.39, 0.29) is 16.7 Å². The van der Waals surface area contributed by atoms with Gasteiger partial charge in [-0.15, -0.1) is 0 Å². The van der Waals surface area contributed by atoms with E-state index in [9.17, 15) is 32.5 Å². The van der Waals surface area contributed by atoms with Crippen molar-refractivity contribution in [3.63, 3.8) is 0 Å². The minimum Gasteiger partial charge on any atom is -0.282 e. The third kappa shape index (κ3) is 3.50. The molecule has 4 rings (SSSR count). The lowest BCUT2D eigenvalue weighted by Crippen LogP contribution is -2.36. The average Bonchev–Trinajstić information content (AvgIpc) is 3.10. The van der Waals surface area contributed by atoms with Gasteiger partial charge in [-0.25, -0.2) is 13.8 Å². The van der Waals surface area contributed by atoms with Crippen molar-refractivity contribution in [2.45, 2.75) is 19.0 Å². The van der Waals surface area contributed by atoms with Crippen LogP contribution in [0.25, 0.3) is 16.6 Å². The van der Waals surface area contributed by atoms with Crippen LogP contribution in [-0.2, 0) is 0 Å². The highest BCUT2D eigenvalue weighted by atomic mass is 19.4. The second-order valence-corrected chi connectivity index (χ2v) is 7.24. The lowest BCUT2D eigenvalue weighted by Gasteiger charge is -2.30. The van der Waals surface area contributed by atoms with Crippen LogP contribution in [0.4, 0.5) is 22.0 Å². The van der Waals surface area contributed by atoms with E-state index in [0.717, 1.165) is 12.1 Å². The molecule has 0 spiro atoms. The van der Waals surface area contributed by atoms with Crippen LogP contribution in [0.2, 0.25) is 0 Å². The third-order valence-electron chi connectivity index (χ3n) is 5.24. The van der Waals surface area contributed by atoms with Gasteiger partial charge in [0.15, 0.2) is 0 Å². The highest BCUT2D eigenvalue weighted by Gasteiger charge is 2.48. The molecule has 0 radical (unpaired) electrons. The topological polar surface area (TPSA) is 88.6 Å². The van der Waals surface area contributed by atoms with Gasteiger partial charge in [0, 0.05) is 28.6 Å². The van der Waals surface area contributed by atoms with E-state index < -0.39 is 41.1 Å². The van der Waals surface area contributed by atoms with Crippen LogP contribution in [0.1, 0.15) is 22.7 Å². The van der Waals surface area contributed by atoms with Gasteiger partial charge in [-0.05, 0) is 36.8 Å². The van der Waals surface area contributed by atoms with E-state index in [1.807, 2.05) is 6.07 Å². The van der Waals surface area contributed by atoms with Gasteiger partial charge in [-0.3, -0.25) is 5.10 Å². The van der Waals surface area contributed by atoms with Gasteiger partial charge >= 0.3 is 6.18 Å². The summed E-state index contributed by atoms with van der Waals surface area (Å²) in [6, 6.07) is 10.1. The highest BCUT2D eigenvalue weighted by molar-refractivity contribution is 6.02. The average molecular weight is 441 g/mol. The second kappa shape index (κ2) is 7.57. The van der Waals surface area contributed by atoms with Crippen LogP contribution in [-0.4, -0.2) is 22.1 Å². The van der Waals surface area contributed by atoms with Crippen LogP contribution in [0.5, 0.6) is 0 Å². The Kier molecular flexibility index (Phi) is 5.02. The van der Waals surface area contributed by atoms with E-state index in [1.165, 1.54) is 6.07 Å². The summed E-state index contributed by atoms with van der Waals surface area (Å²) >= 11 is 0. The maximum atomic E-state index is 13.9. The summed E-state index contributed by atoms with van der Waals surface area (Å²) in [7, 11) is 0. The molecule has 2 aromatic carbocycles. The number of nitrogens with one attached hydrogen (secondary N) is 1. The number of nitriles is 2. The SMILES string of the molecule is Cc1[nH]nc2ccc(C3C(C#N)=C(c4cc(F)cc(F)c4)N=C(C(F)(F)F)C3C#N)cc12. The maximum absolute atomic E-state index is 13.9. The van der Waals surface area contributed by atoms with Crippen molar-refractivity contribution in [3.05, 3.63) is 70.4 Å². The number of nitrogens with zero attached hydrogens (tertiary/aromatic N) is 4. The fraction of sp³-hybridized carbons (Fsp3) is 0.182. The van der Waals surface area contributed by atoms with Crippen molar-refractivity contribution in [1.29, 1.82) is 10.5 Å². The molecule has 2 heterocycles. The van der Waals surface area contributed by atoms with Crippen LogP contribution in [0, 0.1) is 47.1 Å². The number of hydrogen-bond acceptors (Lipinski definition) is 4. The standard InChI is InChI=1S/C22H12F5N5/c1-10-15-6-11(2-3-18(15)32-31-10)19-16(8-28)20(12-4-13(23)7-14(24)5-12)30-21(17(19)9-29)22(25,26)27/h2-7,17,19H,1H3,(H,31,32). The summed E-state index contributed by atoms with van der Waals surface area (Å²) in [4.78, 5) is 3.53. The van der Waals surface area contributed by atoms with Crippen molar-refractivity contribution < 1.29 is 22.0 Å². The molecule has 0 bridgehead atoms. The first kappa shape index (κ1) is 21.2. The molecule has 10 heteroatoms. The van der Waals surface area contributed by atoms with E-state index in [4.69, 9.17) is 0 Å². The van der Waals surface area contributed by atoms with Crippen molar-refractivity contribution >= 4 is 22.3 Å². The van der Waals surface area contributed by atoms with E-state index in [1.54, 1.807) is 25.1 Å². The number of alkyl halides is 3. The summed E-state index contributed by atoms with van der Waals surface area (Å²) < 4.78 is 69.2. The Morgan fingerprint density at radius 3 is 2.31 bits per heavy atom. The number of benzene rings is 2. The summed E-state index contributed by atoms with van der Waals surface area (Å²) in [6.07, 6.45) is -5.01. The molecule has 0 amide bonds. The Morgan fingerprint density at radius 2 is 1.72 bits per heavy atom. The molecule has 160 valence electrons. The number of fused-ring (bicyclic) bond motifs is 1. The van der Waals surface area contributed by atoms with Gasteiger partial charge in [0.2, 0.25) is 0 Å². The maximum Gasteiger partial charge on any atom is 0.430 e. The number of aryl methyl sites for hydroxylation is 1. The molecule has 0 saturated carbocycles. The predicted molar refractivity (Wildman–Crippen MR) is 105 cm³/mol. The molecule has 5 nitrogen and oxygen atoms in total. The predicted octanol–water partition coefficient (Wildman–Crippen LogP) is 5.32. The second-order valence-electron chi connectivity index (χ2n) is 7.24. The largest absolute Gasteiger partial charge is 0.430 e. The van der Waals surface area contributed by atoms with Crippen LogP contribution in [0.15, 0.2) is 47.0 Å². The normalized spacial score (nSPS) is 18.9. The number of rotatable bonds is 2. The molecular weight excluding hydrogens is 429 g/mol. The van der Waals surface area contributed by atoms with Gasteiger partial charge in [0.1, 0.15) is 23.3 Å². The summed E-state index contributed by atoms with van der Waals surface area (Å²) in [5.74, 6) is -5.28. The number of aromatic nitrogens is 2. The molecule has 0 fully saturated rings. The van der Waals surface area contributed by atoms with Gasteiger partial charge in [0.05, 0.1) is 28.9 Å². The Bertz CT molecular complexity index is 1360. The third-order valence-corrected chi connectivity index (χ3v) is 5.24. The lowest BCUT2D eigenvalue weighted by atomic mass is 9.75. The first-order chi connectivity index (χ1) is 15.1. The van der Waals surface area contributed by atoms with Gasteiger partial charge in [0.25, 0.3) is 0 Å². The molecule has 0 aliphatic carbocycles. The van der Waals surface area contributed by atoms with E-state index >= 15 is 0 Å². The minimum absolute atomic E-state index is 0.246. The van der Waals surface area contributed by atoms with Crippen molar-refractivity contribution in [1.82, 2.24) is 10.2 Å². The van der Waals surface area contributed by atoms with Gasteiger partial charge in [-0.2, -0.15) is 28.8 Å². The minimum atomic E-state index is -5.01. The first-order valence-corrected chi connectivity index (χ1v) is 9.24. The number of H-pyrrole nitrogens is 1. The highest BCUT2D eigenvalue weighted by Crippen LogP contribution is 2.45. The van der Waals surface area contributed by atoms with Gasteiger partial charge in [-0.1, -0.05) is 6.07 Å². The number of aromatic amines is 1. The van der Waals surface area contributed by atoms with Crippen molar-refractivity contribution in [2.24, 2.45) is 10.9 Å². The zero-order valence-corrected chi connectivity index (χ0v) is 16.3. The van der Waals surface area contributed by atoms with Crippen LogP contribution < -0.4 is 0 Å². The molecule has 2 atom stereocenters. The van der Waals surface area contributed by atoms with Crippen molar-refractivity contribution in [2.75, 3.05) is 0 Å². The molecule has 1 N–H and O–H groups in total. The lowest BCUT2D eigenvalue weighted by molar-refractivity contribution is -0.0622. The zero-order valence-electron chi connectivity index (χ0n) is 16.3. The van der Waals surface area contributed by atoms with E-state index in [2.05, 4.69) is 15.2 Å². The molecule has 3 aromatic rings. The summed E-state index contributed by atoms with van der Waals surface area (Å²) in [5.41, 5.74) is -1.15. The molecule has 32 heavy (non-hydrogen) atoms. The number of hydrogen-bond donors (Lipinski definition) is 1. The van der Waals surface area contributed by atoms with E-state index in [0.29, 0.717) is 22.7 Å². The molecule has 0 saturated heterocycles. The number of aliphatic imine (C=N–C) groups is 1. The van der Waals surface area contributed by atoms with Crippen LogP contribution in [0.3, 0.4) is 0 Å². The molecule has 1 aromatic heterocycles. The van der Waals surface area contributed by atoms with Crippen LogP contribution >= 0.6 is 0 Å². The molecule has 2 unspecified atom stereocenters. The fourth-order valence-electron chi connectivity index (χ4n) is 3.84. The Morgan fingerprint density at radius 1 is 1.03 bits per heavy atom. The van der Waals surface area contributed by atoms with Crippen molar-refractivity contribution in [3.8, 4) is 12.1 Å². The fourth-order valence-corrected chi connectivity index (χ4v) is 3.84.